The molecule has 0 unspecified atom stereocenters. The number of unbranched alkanes of at least 4 members (excludes halogenated alkanes) is 3. The van der Waals surface area contributed by atoms with Gasteiger partial charge in [-0.1, -0.05) is 12.8 Å². The number of carbonyl (C=O) groups is 1. The van der Waals surface area contributed by atoms with Gasteiger partial charge in [0.1, 0.15) is 0 Å². The zero-order chi connectivity index (χ0) is 10.1. The van der Waals surface area contributed by atoms with Gasteiger partial charge in [0.15, 0.2) is 0 Å². The van der Waals surface area contributed by atoms with Crippen molar-refractivity contribution in [1.82, 2.24) is 10.2 Å². The summed E-state index contributed by atoms with van der Waals surface area (Å²) in [5.41, 5.74) is 0. The quantitative estimate of drug-likeness (QED) is 0.472. The van der Waals surface area contributed by atoms with E-state index in [1.54, 1.807) is 0 Å². The first-order valence-electron chi connectivity index (χ1n) is 5.83. The van der Waals surface area contributed by atoms with Gasteiger partial charge in [0.25, 0.3) is 0 Å². The molecule has 1 amide bonds. The second-order valence-electron chi connectivity index (χ2n) is 4.03. The average Bonchev–Trinajstić information content (AvgIpc) is 2.69. The summed E-state index contributed by atoms with van der Waals surface area (Å²) >= 11 is 0. The molecule has 0 aliphatic carbocycles. The molecule has 0 spiro atoms. The van der Waals surface area contributed by atoms with Crippen LogP contribution in [0.5, 0.6) is 0 Å². The molecule has 0 aromatic carbocycles. The van der Waals surface area contributed by atoms with E-state index in [2.05, 4.69) is 10.2 Å². The molecule has 0 bridgehead atoms. The number of rotatable bonds is 8. The topological polar surface area (TPSA) is 32.3 Å². The minimum absolute atomic E-state index is 0.782. The van der Waals surface area contributed by atoms with E-state index < -0.39 is 0 Å². The van der Waals surface area contributed by atoms with E-state index in [0.29, 0.717) is 0 Å². The highest BCUT2D eigenvalue weighted by Crippen LogP contribution is 2.09. The molecule has 0 aromatic heterocycles. The largest absolute Gasteiger partial charge is 0.359 e. The van der Waals surface area contributed by atoms with Crippen LogP contribution in [0, 0.1) is 0 Å². The van der Waals surface area contributed by atoms with Crippen LogP contribution in [-0.2, 0) is 4.79 Å². The molecule has 1 aliphatic heterocycles. The fraction of sp³-hybridized carbons (Fsp3) is 0.909. The second kappa shape index (κ2) is 7.80. The Labute approximate surface area is 86.9 Å². The molecule has 1 fully saturated rings. The first-order valence-corrected chi connectivity index (χ1v) is 5.83. The monoisotopic (exact) mass is 198 g/mol. The summed E-state index contributed by atoms with van der Waals surface area (Å²) in [6.45, 7) is 4.74. The molecule has 3 nitrogen and oxygen atoms in total. The van der Waals surface area contributed by atoms with E-state index in [-0.39, 0.29) is 0 Å². The Bertz CT molecular complexity index is 144. The van der Waals surface area contributed by atoms with Gasteiger partial charge in [-0.05, 0) is 45.3 Å². The number of likely N-dealkylation sites (tertiary alicyclic amines) is 1. The summed E-state index contributed by atoms with van der Waals surface area (Å²) < 4.78 is 0. The zero-order valence-electron chi connectivity index (χ0n) is 9.00. The normalized spacial score (nSPS) is 17.1. The van der Waals surface area contributed by atoms with E-state index in [0.717, 1.165) is 19.4 Å². The Hall–Kier alpha value is -0.570. The highest BCUT2D eigenvalue weighted by Gasteiger charge is 2.09. The van der Waals surface area contributed by atoms with Gasteiger partial charge in [0.05, 0.1) is 0 Å². The number of amides is 1. The van der Waals surface area contributed by atoms with Gasteiger partial charge in [0.2, 0.25) is 6.41 Å². The second-order valence-corrected chi connectivity index (χ2v) is 4.03. The van der Waals surface area contributed by atoms with Crippen molar-refractivity contribution >= 4 is 6.41 Å². The lowest BCUT2D eigenvalue weighted by atomic mass is 10.2. The molecular weight excluding hydrogens is 176 g/mol. The molecule has 1 saturated heterocycles. The van der Waals surface area contributed by atoms with Gasteiger partial charge in [-0.2, -0.15) is 0 Å². The fourth-order valence-corrected chi connectivity index (χ4v) is 1.98. The van der Waals surface area contributed by atoms with Crippen LogP contribution >= 0.6 is 0 Å². The average molecular weight is 198 g/mol. The molecule has 0 radical (unpaired) electrons. The highest BCUT2D eigenvalue weighted by atomic mass is 16.1. The molecule has 0 aromatic rings. The van der Waals surface area contributed by atoms with Crippen molar-refractivity contribution < 1.29 is 4.79 Å². The van der Waals surface area contributed by atoms with Crippen LogP contribution in [0.2, 0.25) is 0 Å². The highest BCUT2D eigenvalue weighted by molar-refractivity contribution is 5.45. The summed E-state index contributed by atoms with van der Waals surface area (Å²) in [5, 5.41) is 2.69. The van der Waals surface area contributed by atoms with Gasteiger partial charge in [-0.3, -0.25) is 4.79 Å². The summed E-state index contributed by atoms with van der Waals surface area (Å²) in [7, 11) is 0. The minimum Gasteiger partial charge on any atom is -0.359 e. The lowest BCUT2D eigenvalue weighted by molar-refractivity contribution is -0.109. The molecule has 3 heteroatoms. The zero-order valence-corrected chi connectivity index (χ0v) is 9.00. The maximum Gasteiger partial charge on any atom is 0.207 e. The van der Waals surface area contributed by atoms with Gasteiger partial charge < -0.3 is 10.2 Å². The third-order valence-electron chi connectivity index (χ3n) is 2.83. The van der Waals surface area contributed by atoms with Crippen LogP contribution in [0.4, 0.5) is 0 Å². The molecule has 14 heavy (non-hydrogen) atoms. The number of nitrogens with zero attached hydrogens (tertiary/aromatic N) is 1. The molecular formula is C11H22N2O. The number of nitrogens with one attached hydrogen (secondary N) is 1. The Morgan fingerprint density at radius 3 is 2.50 bits per heavy atom. The molecule has 1 heterocycles. The van der Waals surface area contributed by atoms with Crippen molar-refractivity contribution in [3.63, 3.8) is 0 Å². The van der Waals surface area contributed by atoms with Gasteiger partial charge >= 0.3 is 0 Å². The van der Waals surface area contributed by atoms with E-state index in [9.17, 15) is 4.79 Å². The van der Waals surface area contributed by atoms with E-state index in [4.69, 9.17) is 0 Å². The molecule has 0 atom stereocenters. The van der Waals surface area contributed by atoms with Crippen molar-refractivity contribution in [2.45, 2.75) is 38.5 Å². The van der Waals surface area contributed by atoms with Crippen molar-refractivity contribution in [3.8, 4) is 0 Å². The van der Waals surface area contributed by atoms with Crippen molar-refractivity contribution in [2.24, 2.45) is 0 Å². The maximum atomic E-state index is 9.95. The minimum atomic E-state index is 0.782. The Balaban J connectivity index is 1.77. The summed E-state index contributed by atoms with van der Waals surface area (Å²) in [5.74, 6) is 0. The van der Waals surface area contributed by atoms with E-state index >= 15 is 0 Å². The fourth-order valence-electron chi connectivity index (χ4n) is 1.98. The van der Waals surface area contributed by atoms with Crippen LogP contribution in [0.3, 0.4) is 0 Å². The van der Waals surface area contributed by atoms with Crippen LogP contribution < -0.4 is 5.32 Å². The molecule has 1 rings (SSSR count). The number of hydrogen-bond acceptors (Lipinski definition) is 2. The maximum absolute atomic E-state index is 9.95. The van der Waals surface area contributed by atoms with E-state index in [1.807, 2.05) is 0 Å². The summed E-state index contributed by atoms with van der Waals surface area (Å²) in [6, 6.07) is 0. The molecule has 1 N–H and O–H groups in total. The van der Waals surface area contributed by atoms with Crippen LogP contribution in [-0.4, -0.2) is 37.5 Å². The van der Waals surface area contributed by atoms with Crippen LogP contribution in [0.25, 0.3) is 0 Å². The standard InChI is InChI=1S/C11H22N2O/c14-11-12-7-3-1-2-4-8-13-9-5-6-10-13/h11H,1-10H2,(H,12,14). The number of carbonyl (C=O) groups excluding carboxylic acids is 1. The van der Waals surface area contributed by atoms with Crippen molar-refractivity contribution in [3.05, 3.63) is 0 Å². The third-order valence-corrected chi connectivity index (χ3v) is 2.83. The van der Waals surface area contributed by atoms with Gasteiger partial charge in [-0.25, -0.2) is 0 Å². The van der Waals surface area contributed by atoms with Crippen LogP contribution in [0.15, 0.2) is 0 Å². The first-order chi connectivity index (χ1) is 6.93. The SMILES string of the molecule is O=CNCCCCCCN1CCCC1. The summed E-state index contributed by atoms with van der Waals surface area (Å²) in [4.78, 5) is 12.5. The van der Waals surface area contributed by atoms with Gasteiger partial charge in [-0.15, -0.1) is 0 Å². The predicted octanol–water partition coefficient (Wildman–Crippen LogP) is 1.39. The van der Waals surface area contributed by atoms with E-state index in [1.165, 1.54) is 51.7 Å². The van der Waals surface area contributed by atoms with Crippen molar-refractivity contribution in [2.75, 3.05) is 26.2 Å². The Morgan fingerprint density at radius 2 is 1.79 bits per heavy atom. The third kappa shape index (κ3) is 5.22. The number of hydrogen-bond donors (Lipinski definition) is 1. The Kier molecular flexibility index (Phi) is 6.41. The predicted molar refractivity (Wildman–Crippen MR) is 58.2 cm³/mol. The lowest BCUT2D eigenvalue weighted by Gasteiger charge is -2.13. The molecule has 1 aliphatic rings. The van der Waals surface area contributed by atoms with Crippen molar-refractivity contribution in [1.29, 1.82) is 0 Å². The Morgan fingerprint density at radius 1 is 1.07 bits per heavy atom. The first kappa shape index (κ1) is 11.5. The molecule has 0 saturated carbocycles. The summed E-state index contributed by atoms with van der Waals surface area (Å²) in [6.07, 6.45) is 8.56. The molecule has 82 valence electrons. The smallest absolute Gasteiger partial charge is 0.207 e. The lowest BCUT2D eigenvalue weighted by Crippen LogP contribution is -2.20. The van der Waals surface area contributed by atoms with Gasteiger partial charge in [0, 0.05) is 6.54 Å². The van der Waals surface area contributed by atoms with Crippen LogP contribution in [0.1, 0.15) is 38.5 Å².